The Labute approximate surface area is 123 Å². The summed E-state index contributed by atoms with van der Waals surface area (Å²) in [6, 6.07) is 4.45. The first-order valence-corrected chi connectivity index (χ1v) is 7.02. The average Bonchev–Trinajstić information content (AvgIpc) is 2.79. The van der Waals surface area contributed by atoms with E-state index in [1.54, 1.807) is 6.92 Å². The maximum absolute atomic E-state index is 14.1. The second-order valence-electron chi connectivity index (χ2n) is 4.68. The third kappa shape index (κ3) is 2.40. The largest absolute Gasteiger partial charge is 0.368 e. The quantitative estimate of drug-likeness (QED) is 0.753. The number of aryl methyl sites for hydroxylation is 2. The number of thiophene rings is 1. The molecule has 0 saturated heterocycles. The van der Waals surface area contributed by atoms with Crippen LogP contribution in [0.4, 0.5) is 26.2 Å². The summed E-state index contributed by atoms with van der Waals surface area (Å²) in [5.41, 5.74) is 5.76. The van der Waals surface area contributed by atoms with Crippen molar-refractivity contribution in [3.8, 4) is 0 Å². The summed E-state index contributed by atoms with van der Waals surface area (Å²) >= 11 is 1.44. The van der Waals surface area contributed by atoms with Gasteiger partial charge in [0.2, 0.25) is 5.95 Å². The molecule has 3 rings (SSSR count). The number of rotatable bonds is 2. The first-order valence-electron chi connectivity index (χ1n) is 6.21. The van der Waals surface area contributed by atoms with E-state index in [-0.39, 0.29) is 11.6 Å². The number of hydrogen-bond acceptors (Lipinski definition) is 5. The number of anilines is 3. The zero-order valence-electron chi connectivity index (χ0n) is 11.4. The highest BCUT2D eigenvalue weighted by Gasteiger charge is 2.15. The number of nitrogens with one attached hydrogen (secondary N) is 1. The van der Waals surface area contributed by atoms with Crippen molar-refractivity contribution in [2.75, 3.05) is 11.1 Å². The molecule has 3 aromatic rings. The molecule has 2 aromatic heterocycles. The highest BCUT2D eigenvalue weighted by atomic mass is 32.1. The van der Waals surface area contributed by atoms with Crippen LogP contribution in [0.1, 0.15) is 10.4 Å². The Morgan fingerprint density at radius 1 is 1.19 bits per heavy atom. The molecule has 21 heavy (non-hydrogen) atoms. The number of nitrogen functional groups attached to an aromatic ring is 1. The van der Waals surface area contributed by atoms with E-state index in [0.717, 1.165) is 4.88 Å². The molecule has 0 atom stereocenters. The minimum absolute atomic E-state index is 0.0559. The number of fused-ring (bicyclic) bond motifs is 1. The van der Waals surface area contributed by atoms with Crippen molar-refractivity contribution in [2.24, 2.45) is 0 Å². The molecule has 0 aliphatic rings. The van der Waals surface area contributed by atoms with Gasteiger partial charge in [-0.05, 0) is 31.5 Å². The Kier molecular flexibility index (Phi) is 3.21. The zero-order valence-corrected chi connectivity index (χ0v) is 12.2. The lowest BCUT2D eigenvalue weighted by molar-refractivity contribution is 0.585. The molecule has 2 heterocycles. The predicted molar refractivity (Wildman–Crippen MR) is 80.9 cm³/mol. The molecule has 0 amide bonds. The number of halogens is 2. The van der Waals surface area contributed by atoms with Crippen LogP contribution in [0, 0.1) is 25.5 Å². The van der Waals surface area contributed by atoms with Crippen LogP contribution in [0.3, 0.4) is 0 Å². The number of benzene rings is 1. The molecular weight excluding hydrogens is 294 g/mol. The molecule has 0 saturated carbocycles. The second kappa shape index (κ2) is 4.92. The summed E-state index contributed by atoms with van der Waals surface area (Å²) in [6.07, 6.45) is 0. The van der Waals surface area contributed by atoms with Gasteiger partial charge in [-0.25, -0.2) is 13.8 Å². The van der Waals surface area contributed by atoms with Gasteiger partial charge < -0.3 is 11.1 Å². The monoisotopic (exact) mass is 306 g/mol. The van der Waals surface area contributed by atoms with Gasteiger partial charge in [0, 0.05) is 4.88 Å². The fraction of sp³-hybridized carbons (Fsp3) is 0.143. The standard InChI is InChI=1S/C14H12F2N4S/c1-6-3-4-9(15)11(10(6)16)18-12-8-5-7(2)21-13(8)20-14(17)19-12/h3-5H,1-2H3,(H3,17,18,19,20). The fourth-order valence-corrected chi connectivity index (χ4v) is 2.93. The summed E-state index contributed by atoms with van der Waals surface area (Å²) in [5, 5.41) is 3.39. The summed E-state index contributed by atoms with van der Waals surface area (Å²) in [7, 11) is 0. The van der Waals surface area contributed by atoms with Crippen molar-refractivity contribution in [1.82, 2.24) is 9.97 Å². The topological polar surface area (TPSA) is 63.8 Å². The lowest BCUT2D eigenvalue weighted by Crippen LogP contribution is -2.04. The van der Waals surface area contributed by atoms with E-state index in [1.165, 1.54) is 23.5 Å². The van der Waals surface area contributed by atoms with E-state index in [4.69, 9.17) is 5.73 Å². The van der Waals surface area contributed by atoms with E-state index in [9.17, 15) is 8.78 Å². The molecule has 0 unspecified atom stereocenters. The average molecular weight is 306 g/mol. The SMILES string of the molecule is Cc1cc2c(Nc3c(F)ccc(C)c3F)nc(N)nc2s1. The first kappa shape index (κ1) is 13.7. The predicted octanol–water partition coefficient (Wildman–Crippen LogP) is 3.91. The van der Waals surface area contributed by atoms with Crippen LogP contribution >= 0.6 is 11.3 Å². The van der Waals surface area contributed by atoms with Gasteiger partial charge in [-0.3, -0.25) is 0 Å². The van der Waals surface area contributed by atoms with Crippen molar-refractivity contribution in [1.29, 1.82) is 0 Å². The van der Waals surface area contributed by atoms with Crippen LogP contribution in [-0.4, -0.2) is 9.97 Å². The van der Waals surface area contributed by atoms with Gasteiger partial charge in [-0.1, -0.05) is 6.07 Å². The van der Waals surface area contributed by atoms with Gasteiger partial charge in [0.15, 0.2) is 5.82 Å². The Balaban J connectivity index is 2.16. The van der Waals surface area contributed by atoms with Crippen molar-refractivity contribution in [2.45, 2.75) is 13.8 Å². The lowest BCUT2D eigenvalue weighted by Gasteiger charge is -2.10. The molecule has 0 radical (unpaired) electrons. The van der Waals surface area contributed by atoms with Gasteiger partial charge in [0.1, 0.15) is 22.2 Å². The lowest BCUT2D eigenvalue weighted by atomic mass is 10.2. The van der Waals surface area contributed by atoms with Crippen LogP contribution < -0.4 is 11.1 Å². The van der Waals surface area contributed by atoms with E-state index in [2.05, 4.69) is 15.3 Å². The second-order valence-corrected chi connectivity index (χ2v) is 5.92. The molecule has 1 aromatic carbocycles. The summed E-state index contributed by atoms with van der Waals surface area (Å²) in [4.78, 5) is 9.86. The van der Waals surface area contributed by atoms with Crippen LogP contribution in [0.5, 0.6) is 0 Å². The Morgan fingerprint density at radius 3 is 2.71 bits per heavy atom. The highest BCUT2D eigenvalue weighted by molar-refractivity contribution is 7.18. The van der Waals surface area contributed by atoms with Crippen molar-refractivity contribution < 1.29 is 8.78 Å². The third-order valence-electron chi connectivity index (χ3n) is 3.06. The van der Waals surface area contributed by atoms with E-state index in [1.807, 2.05) is 13.0 Å². The molecule has 0 bridgehead atoms. The molecule has 0 aliphatic heterocycles. The molecule has 0 spiro atoms. The normalized spacial score (nSPS) is 11.0. The molecule has 108 valence electrons. The fourth-order valence-electron chi connectivity index (χ4n) is 2.04. The van der Waals surface area contributed by atoms with Crippen molar-refractivity contribution in [3.63, 3.8) is 0 Å². The van der Waals surface area contributed by atoms with Gasteiger partial charge in [0.05, 0.1) is 5.39 Å². The number of aromatic nitrogens is 2. The number of hydrogen-bond donors (Lipinski definition) is 2. The van der Waals surface area contributed by atoms with Crippen LogP contribution in [0.25, 0.3) is 10.2 Å². The zero-order chi connectivity index (χ0) is 15.1. The maximum atomic E-state index is 14.1. The smallest absolute Gasteiger partial charge is 0.223 e. The minimum atomic E-state index is -0.685. The van der Waals surface area contributed by atoms with Gasteiger partial charge in [0.25, 0.3) is 0 Å². The third-order valence-corrected chi connectivity index (χ3v) is 4.01. The molecule has 0 aliphatic carbocycles. The maximum Gasteiger partial charge on any atom is 0.223 e. The van der Waals surface area contributed by atoms with E-state index >= 15 is 0 Å². The van der Waals surface area contributed by atoms with Gasteiger partial charge in [-0.2, -0.15) is 4.98 Å². The summed E-state index contributed by atoms with van der Waals surface area (Å²) in [6.45, 7) is 3.48. The van der Waals surface area contributed by atoms with Crippen molar-refractivity contribution in [3.05, 3.63) is 40.3 Å². The molecular formula is C14H12F2N4S. The number of nitrogens with zero attached hydrogens (tertiary/aromatic N) is 2. The summed E-state index contributed by atoms with van der Waals surface area (Å²) < 4.78 is 27.9. The van der Waals surface area contributed by atoms with Gasteiger partial charge in [-0.15, -0.1) is 11.3 Å². The Bertz CT molecular complexity index is 845. The van der Waals surface area contributed by atoms with Gasteiger partial charge >= 0.3 is 0 Å². The molecule has 0 fully saturated rings. The van der Waals surface area contributed by atoms with Crippen molar-refractivity contribution >= 4 is 39.0 Å². The summed E-state index contributed by atoms with van der Waals surface area (Å²) in [5.74, 6) is -0.978. The van der Waals surface area contributed by atoms with Crippen LogP contribution in [-0.2, 0) is 0 Å². The minimum Gasteiger partial charge on any atom is -0.368 e. The highest BCUT2D eigenvalue weighted by Crippen LogP contribution is 2.32. The molecule has 3 N–H and O–H groups in total. The van der Waals surface area contributed by atoms with Crippen LogP contribution in [0.15, 0.2) is 18.2 Å². The van der Waals surface area contributed by atoms with E-state index in [0.29, 0.717) is 21.6 Å². The molecule has 7 heteroatoms. The number of nitrogens with two attached hydrogens (primary N) is 1. The Morgan fingerprint density at radius 2 is 1.95 bits per heavy atom. The first-order chi connectivity index (χ1) is 9.95. The van der Waals surface area contributed by atoms with Crippen LogP contribution in [0.2, 0.25) is 0 Å². The molecule has 4 nitrogen and oxygen atoms in total. The van der Waals surface area contributed by atoms with E-state index < -0.39 is 11.6 Å². The Hall–Kier alpha value is -2.28.